The summed E-state index contributed by atoms with van der Waals surface area (Å²) in [4.78, 5) is 35.2. The molecule has 3 rings (SSSR count). The van der Waals surface area contributed by atoms with E-state index in [1.165, 1.54) is 18.2 Å². The number of nitrogens with zero attached hydrogens (tertiary/aromatic N) is 2. The van der Waals surface area contributed by atoms with Crippen molar-refractivity contribution in [2.24, 2.45) is 0 Å². The van der Waals surface area contributed by atoms with Crippen LogP contribution in [0.1, 0.15) is 11.7 Å². The first-order valence-corrected chi connectivity index (χ1v) is 7.00. The lowest BCUT2D eigenvalue weighted by molar-refractivity contribution is -0.384. The number of non-ortho nitro benzene ring substituents is 1. The highest BCUT2D eigenvalue weighted by Gasteiger charge is 2.37. The fraction of sp³-hybridized carbons (Fsp3) is 0.125. The molecule has 0 saturated heterocycles. The van der Waals surface area contributed by atoms with Crippen LogP contribution in [0.2, 0.25) is 0 Å². The standard InChI is InChI=1S/C16H12N2O6/c19-14(20)9-17-12-7-6-11(18(22)23)8-13(12)24-15(16(17)21)10-4-2-1-3-5-10/h1-8,15H,9H2,(H,19,20). The van der Waals surface area contributed by atoms with Gasteiger partial charge in [0.25, 0.3) is 11.6 Å². The van der Waals surface area contributed by atoms with Gasteiger partial charge in [-0.2, -0.15) is 0 Å². The summed E-state index contributed by atoms with van der Waals surface area (Å²) in [6.07, 6.45) is -1.06. The Balaban J connectivity index is 2.08. The molecule has 122 valence electrons. The van der Waals surface area contributed by atoms with E-state index >= 15 is 0 Å². The Hall–Kier alpha value is -3.42. The fourth-order valence-corrected chi connectivity index (χ4v) is 2.51. The third-order valence-electron chi connectivity index (χ3n) is 3.58. The maximum absolute atomic E-state index is 12.6. The van der Waals surface area contributed by atoms with Gasteiger partial charge in [0.15, 0.2) is 5.75 Å². The van der Waals surface area contributed by atoms with Gasteiger partial charge in [-0.25, -0.2) is 0 Å². The quantitative estimate of drug-likeness (QED) is 0.680. The van der Waals surface area contributed by atoms with Gasteiger partial charge in [-0.15, -0.1) is 0 Å². The Bertz CT molecular complexity index is 821. The van der Waals surface area contributed by atoms with Gasteiger partial charge in [-0.1, -0.05) is 30.3 Å². The minimum Gasteiger partial charge on any atom is -0.480 e. The molecule has 0 bridgehead atoms. The predicted molar refractivity (Wildman–Crippen MR) is 82.9 cm³/mol. The number of aliphatic carboxylic acids is 1. The minimum absolute atomic E-state index is 0.0962. The molecule has 1 aliphatic heterocycles. The first kappa shape index (κ1) is 15.5. The Morgan fingerprint density at radius 1 is 1.25 bits per heavy atom. The molecular weight excluding hydrogens is 316 g/mol. The molecule has 0 aliphatic carbocycles. The molecule has 0 fully saturated rings. The SMILES string of the molecule is O=C(O)CN1C(=O)C(c2ccccc2)Oc2cc([N+](=O)[O-])ccc21. The van der Waals surface area contributed by atoms with Gasteiger partial charge in [-0.3, -0.25) is 24.6 Å². The molecule has 8 heteroatoms. The molecule has 1 unspecified atom stereocenters. The van der Waals surface area contributed by atoms with E-state index in [1.54, 1.807) is 30.3 Å². The number of carbonyl (C=O) groups is 2. The van der Waals surface area contributed by atoms with Crippen LogP contribution >= 0.6 is 0 Å². The number of carboxylic acids is 1. The lowest BCUT2D eigenvalue weighted by atomic mass is 10.1. The van der Waals surface area contributed by atoms with Gasteiger partial charge >= 0.3 is 5.97 Å². The average molecular weight is 328 g/mol. The lowest BCUT2D eigenvalue weighted by Gasteiger charge is -2.33. The Labute approximate surface area is 136 Å². The summed E-state index contributed by atoms with van der Waals surface area (Å²) < 4.78 is 5.64. The zero-order valence-corrected chi connectivity index (χ0v) is 12.3. The van der Waals surface area contributed by atoms with Crippen molar-refractivity contribution in [2.45, 2.75) is 6.10 Å². The highest BCUT2D eigenvalue weighted by atomic mass is 16.6. The van der Waals surface area contributed by atoms with Crippen LogP contribution in [0.5, 0.6) is 5.75 Å². The number of carboxylic acid groups (broad SMARTS) is 1. The summed E-state index contributed by atoms with van der Waals surface area (Å²) >= 11 is 0. The van der Waals surface area contributed by atoms with Crippen molar-refractivity contribution in [1.29, 1.82) is 0 Å². The normalized spacial score (nSPS) is 16.2. The van der Waals surface area contributed by atoms with E-state index in [4.69, 9.17) is 9.84 Å². The van der Waals surface area contributed by atoms with Crippen molar-refractivity contribution < 1.29 is 24.4 Å². The number of hydrogen-bond donors (Lipinski definition) is 1. The number of ether oxygens (including phenoxy) is 1. The van der Waals surface area contributed by atoms with Crippen molar-refractivity contribution in [2.75, 3.05) is 11.4 Å². The van der Waals surface area contributed by atoms with Crippen LogP contribution in [-0.4, -0.2) is 28.5 Å². The van der Waals surface area contributed by atoms with Crippen LogP contribution in [-0.2, 0) is 9.59 Å². The predicted octanol–water partition coefficient (Wildman–Crippen LogP) is 2.15. The average Bonchev–Trinajstić information content (AvgIpc) is 2.57. The van der Waals surface area contributed by atoms with Crippen LogP contribution in [0, 0.1) is 10.1 Å². The van der Waals surface area contributed by atoms with E-state index in [0.29, 0.717) is 5.56 Å². The molecule has 0 radical (unpaired) electrons. The molecule has 0 saturated carbocycles. The Kier molecular flexibility index (Phi) is 3.87. The number of anilines is 1. The molecule has 1 heterocycles. The van der Waals surface area contributed by atoms with Crippen LogP contribution in [0.15, 0.2) is 48.5 Å². The largest absolute Gasteiger partial charge is 0.480 e. The smallest absolute Gasteiger partial charge is 0.323 e. The maximum Gasteiger partial charge on any atom is 0.323 e. The van der Waals surface area contributed by atoms with E-state index in [2.05, 4.69) is 0 Å². The molecule has 1 atom stereocenters. The minimum atomic E-state index is -1.19. The van der Waals surface area contributed by atoms with Gasteiger partial charge in [0, 0.05) is 11.6 Å². The number of benzene rings is 2. The van der Waals surface area contributed by atoms with E-state index in [9.17, 15) is 19.7 Å². The zero-order chi connectivity index (χ0) is 17.3. The zero-order valence-electron chi connectivity index (χ0n) is 12.3. The number of carbonyl (C=O) groups excluding carboxylic acids is 1. The molecule has 2 aromatic rings. The topological polar surface area (TPSA) is 110 Å². The lowest BCUT2D eigenvalue weighted by Crippen LogP contribution is -2.43. The second-order valence-electron chi connectivity index (χ2n) is 5.14. The van der Waals surface area contributed by atoms with Crippen molar-refractivity contribution >= 4 is 23.3 Å². The van der Waals surface area contributed by atoms with Gasteiger partial charge in [-0.05, 0) is 6.07 Å². The summed E-state index contributed by atoms with van der Waals surface area (Å²) in [7, 11) is 0. The second-order valence-corrected chi connectivity index (χ2v) is 5.14. The monoisotopic (exact) mass is 328 g/mol. The summed E-state index contributed by atoms with van der Waals surface area (Å²) in [6, 6.07) is 12.3. The Morgan fingerprint density at radius 3 is 2.58 bits per heavy atom. The highest BCUT2D eigenvalue weighted by Crippen LogP contribution is 2.40. The number of nitro benzene ring substituents is 1. The van der Waals surface area contributed by atoms with E-state index in [0.717, 1.165) is 4.90 Å². The summed E-state index contributed by atoms with van der Waals surface area (Å²) in [5.41, 5.74) is 0.528. The molecule has 1 aliphatic rings. The molecular formula is C16H12N2O6. The molecule has 1 N–H and O–H groups in total. The number of fused-ring (bicyclic) bond motifs is 1. The summed E-state index contributed by atoms with van der Waals surface area (Å²) in [5, 5.41) is 20.0. The van der Waals surface area contributed by atoms with Crippen molar-refractivity contribution in [3.8, 4) is 5.75 Å². The van der Waals surface area contributed by atoms with Gasteiger partial charge in [0.1, 0.15) is 6.54 Å². The fourth-order valence-electron chi connectivity index (χ4n) is 2.51. The van der Waals surface area contributed by atoms with Crippen LogP contribution in [0.4, 0.5) is 11.4 Å². The molecule has 0 aromatic heterocycles. The van der Waals surface area contributed by atoms with E-state index < -0.39 is 29.4 Å². The first-order chi connectivity index (χ1) is 11.5. The maximum atomic E-state index is 12.6. The molecule has 1 amide bonds. The van der Waals surface area contributed by atoms with Crippen molar-refractivity contribution in [1.82, 2.24) is 0 Å². The van der Waals surface area contributed by atoms with Crippen molar-refractivity contribution in [3.05, 3.63) is 64.2 Å². The summed E-state index contributed by atoms with van der Waals surface area (Å²) in [5.74, 6) is -1.63. The number of rotatable bonds is 4. The van der Waals surface area contributed by atoms with Crippen molar-refractivity contribution in [3.63, 3.8) is 0 Å². The number of hydrogen-bond acceptors (Lipinski definition) is 5. The van der Waals surface area contributed by atoms with E-state index in [1.807, 2.05) is 0 Å². The highest BCUT2D eigenvalue weighted by molar-refractivity contribution is 6.03. The van der Waals surface area contributed by atoms with Gasteiger partial charge < -0.3 is 9.84 Å². The van der Waals surface area contributed by atoms with E-state index in [-0.39, 0.29) is 17.1 Å². The van der Waals surface area contributed by atoms with Crippen LogP contribution < -0.4 is 9.64 Å². The first-order valence-electron chi connectivity index (χ1n) is 7.00. The molecule has 2 aromatic carbocycles. The third kappa shape index (κ3) is 2.76. The molecule has 24 heavy (non-hydrogen) atoms. The second kappa shape index (κ2) is 5.99. The molecule has 0 spiro atoms. The Morgan fingerprint density at radius 2 is 1.96 bits per heavy atom. The third-order valence-corrected chi connectivity index (χ3v) is 3.58. The molecule has 8 nitrogen and oxygen atoms in total. The summed E-state index contributed by atoms with van der Waals surface area (Å²) in [6.45, 7) is -0.559. The number of nitro groups is 1. The van der Waals surface area contributed by atoms with Gasteiger partial charge in [0.05, 0.1) is 16.7 Å². The van der Waals surface area contributed by atoms with Crippen LogP contribution in [0.25, 0.3) is 0 Å². The van der Waals surface area contributed by atoms with Gasteiger partial charge in [0.2, 0.25) is 6.10 Å². The number of amides is 1. The van der Waals surface area contributed by atoms with Crippen LogP contribution in [0.3, 0.4) is 0 Å².